The first-order valence-corrected chi connectivity index (χ1v) is 12.0. The van der Waals surface area contributed by atoms with E-state index in [1.165, 1.54) is 0 Å². The van der Waals surface area contributed by atoms with E-state index in [9.17, 15) is 4.79 Å². The van der Waals surface area contributed by atoms with E-state index < -0.39 is 0 Å². The number of pyridine rings is 2. The summed E-state index contributed by atoms with van der Waals surface area (Å²) in [5, 5.41) is 7.04. The quantitative estimate of drug-likeness (QED) is 0.364. The number of thiocarbonyl (C=S) groups is 1. The zero-order chi connectivity index (χ0) is 24.0. The van der Waals surface area contributed by atoms with Crippen LogP contribution in [0.15, 0.2) is 97.6 Å². The van der Waals surface area contributed by atoms with Gasteiger partial charge in [0.15, 0.2) is 5.11 Å². The summed E-state index contributed by atoms with van der Waals surface area (Å²) in [4.78, 5) is 23.7. The lowest BCUT2D eigenvalue weighted by molar-refractivity contribution is -0.116. The van der Waals surface area contributed by atoms with Crippen LogP contribution in [0.25, 0.3) is 0 Å². The maximum atomic E-state index is 12.7. The van der Waals surface area contributed by atoms with Crippen molar-refractivity contribution in [2.24, 2.45) is 0 Å². The van der Waals surface area contributed by atoms with Crippen molar-refractivity contribution in [3.63, 3.8) is 0 Å². The number of nitrogens with one attached hydrogen (secondary N) is 2. The summed E-state index contributed by atoms with van der Waals surface area (Å²) in [6.07, 6.45) is 7.83. The number of carbonyl (C=O) groups is 1. The third-order valence-electron chi connectivity index (χ3n) is 6.08. The standard InChI is InChI=1S/C27H26N6OS/c34-24(30-21-9-2-1-3-10-21)13-17-33-26(25(31-27(33)35)22-11-4-5-15-29-22)23-12-7-16-32(23)19-20-8-6-14-28-18-20/h1-12,14-16,18,25-26H,13,17,19H2,(H,30,34)(H,31,35)/t25-,26-/m1/s1. The number of hydrogen-bond acceptors (Lipinski definition) is 4. The third kappa shape index (κ3) is 5.22. The molecule has 1 aromatic carbocycles. The lowest BCUT2D eigenvalue weighted by Crippen LogP contribution is -2.33. The number of aromatic nitrogens is 3. The molecule has 1 fully saturated rings. The van der Waals surface area contributed by atoms with E-state index in [4.69, 9.17) is 12.2 Å². The molecule has 0 radical (unpaired) electrons. The van der Waals surface area contributed by atoms with Gasteiger partial charge in [0.2, 0.25) is 5.91 Å². The first-order valence-electron chi connectivity index (χ1n) is 11.6. The van der Waals surface area contributed by atoms with Gasteiger partial charge in [0.05, 0.1) is 17.8 Å². The summed E-state index contributed by atoms with van der Waals surface area (Å²) in [5.41, 5.74) is 3.90. The molecule has 1 saturated heterocycles. The minimum absolute atomic E-state index is 0.0511. The lowest BCUT2D eigenvalue weighted by atomic mass is 10.0. The van der Waals surface area contributed by atoms with E-state index >= 15 is 0 Å². The van der Waals surface area contributed by atoms with Crippen LogP contribution in [-0.4, -0.2) is 37.0 Å². The topological polar surface area (TPSA) is 75.1 Å². The van der Waals surface area contributed by atoms with Crippen LogP contribution >= 0.6 is 12.2 Å². The summed E-state index contributed by atoms with van der Waals surface area (Å²) < 4.78 is 2.21. The molecule has 1 aliphatic rings. The SMILES string of the molecule is O=C(CCN1C(=S)N[C@H](c2ccccn2)[C@H]1c1cccn1Cc1cccnc1)Nc1ccccc1. The molecule has 1 aliphatic heterocycles. The van der Waals surface area contributed by atoms with Crippen LogP contribution in [0, 0.1) is 0 Å². The monoisotopic (exact) mass is 482 g/mol. The summed E-state index contributed by atoms with van der Waals surface area (Å²) >= 11 is 5.76. The second-order valence-electron chi connectivity index (χ2n) is 8.41. The molecule has 3 aromatic heterocycles. The van der Waals surface area contributed by atoms with Crippen LogP contribution in [0.1, 0.15) is 35.5 Å². The Morgan fingerprint density at radius 1 is 1.00 bits per heavy atom. The molecule has 1 amide bonds. The summed E-state index contributed by atoms with van der Waals surface area (Å²) in [7, 11) is 0. The molecular formula is C27H26N6OS. The van der Waals surface area contributed by atoms with Gasteiger partial charge >= 0.3 is 0 Å². The molecule has 0 unspecified atom stereocenters. The van der Waals surface area contributed by atoms with Crippen molar-refractivity contribution >= 4 is 28.9 Å². The number of benzene rings is 1. The van der Waals surface area contributed by atoms with Crippen molar-refractivity contribution in [1.29, 1.82) is 0 Å². The molecular weight excluding hydrogens is 456 g/mol. The number of rotatable bonds is 8. The van der Waals surface area contributed by atoms with Gasteiger partial charge in [0, 0.05) is 55.7 Å². The van der Waals surface area contributed by atoms with Crippen molar-refractivity contribution in [3.05, 3.63) is 115 Å². The van der Waals surface area contributed by atoms with E-state index in [2.05, 4.69) is 48.4 Å². The molecule has 0 aliphatic carbocycles. The highest BCUT2D eigenvalue weighted by Crippen LogP contribution is 2.39. The Labute approximate surface area is 209 Å². The van der Waals surface area contributed by atoms with Crippen molar-refractivity contribution in [2.45, 2.75) is 25.0 Å². The normalized spacial score (nSPS) is 17.3. The van der Waals surface area contributed by atoms with Crippen molar-refractivity contribution in [1.82, 2.24) is 24.8 Å². The molecule has 0 spiro atoms. The van der Waals surface area contributed by atoms with Gasteiger partial charge in [-0.3, -0.25) is 14.8 Å². The van der Waals surface area contributed by atoms with Crippen molar-refractivity contribution in [2.75, 3.05) is 11.9 Å². The highest BCUT2D eigenvalue weighted by molar-refractivity contribution is 7.80. The van der Waals surface area contributed by atoms with Gasteiger partial charge in [0.25, 0.3) is 0 Å². The molecule has 7 nitrogen and oxygen atoms in total. The van der Waals surface area contributed by atoms with Crippen LogP contribution in [0.2, 0.25) is 0 Å². The van der Waals surface area contributed by atoms with Crippen LogP contribution in [-0.2, 0) is 11.3 Å². The molecule has 35 heavy (non-hydrogen) atoms. The van der Waals surface area contributed by atoms with Gasteiger partial charge < -0.3 is 20.1 Å². The second kappa shape index (κ2) is 10.5. The van der Waals surface area contributed by atoms with Crippen LogP contribution in [0.4, 0.5) is 5.69 Å². The Kier molecular flexibility index (Phi) is 6.81. The maximum absolute atomic E-state index is 12.7. The molecule has 4 aromatic rings. The minimum Gasteiger partial charge on any atom is -0.352 e. The summed E-state index contributed by atoms with van der Waals surface area (Å²) in [5.74, 6) is -0.0511. The minimum atomic E-state index is -0.136. The number of para-hydroxylation sites is 1. The van der Waals surface area contributed by atoms with E-state index in [1.54, 1.807) is 12.4 Å². The summed E-state index contributed by atoms with van der Waals surface area (Å²) in [6, 6.07) is 23.3. The molecule has 2 N–H and O–H groups in total. The van der Waals surface area contributed by atoms with Gasteiger partial charge in [-0.15, -0.1) is 0 Å². The first kappa shape index (κ1) is 22.7. The van der Waals surface area contributed by atoms with Gasteiger partial charge in [-0.25, -0.2) is 0 Å². The van der Waals surface area contributed by atoms with Gasteiger partial charge in [-0.2, -0.15) is 0 Å². The first-order chi connectivity index (χ1) is 17.2. The fourth-order valence-electron chi connectivity index (χ4n) is 4.46. The Bertz CT molecular complexity index is 1280. The van der Waals surface area contributed by atoms with Crippen LogP contribution < -0.4 is 10.6 Å². The zero-order valence-electron chi connectivity index (χ0n) is 19.1. The molecule has 4 heterocycles. The molecule has 0 bridgehead atoms. The maximum Gasteiger partial charge on any atom is 0.226 e. The van der Waals surface area contributed by atoms with E-state index in [0.717, 1.165) is 22.6 Å². The van der Waals surface area contributed by atoms with E-state index in [0.29, 0.717) is 24.6 Å². The Hall–Kier alpha value is -4.04. The number of nitrogens with zero attached hydrogens (tertiary/aromatic N) is 4. The number of amides is 1. The highest BCUT2D eigenvalue weighted by atomic mass is 32.1. The van der Waals surface area contributed by atoms with Gasteiger partial charge in [0.1, 0.15) is 0 Å². The lowest BCUT2D eigenvalue weighted by Gasteiger charge is -2.29. The average molecular weight is 483 g/mol. The number of anilines is 1. The number of carbonyl (C=O) groups excluding carboxylic acids is 1. The molecule has 0 saturated carbocycles. The zero-order valence-corrected chi connectivity index (χ0v) is 19.9. The molecule has 2 atom stereocenters. The third-order valence-corrected chi connectivity index (χ3v) is 6.43. The van der Waals surface area contributed by atoms with Crippen LogP contribution in [0.5, 0.6) is 0 Å². The fraction of sp³-hybridized carbons (Fsp3) is 0.185. The average Bonchev–Trinajstić information content (AvgIpc) is 3.47. The van der Waals surface area contributed by atoms with Crippen molar-refractivity contribution < 1.29 is 4.79 Å². The van der Waals surface area contributed by atoms with E-state index in [-0.39, 0.29) is 18.0 Å². The fourth-order valence-corrected chi connectivity index (χ4v) is 4.79. The van der Waals surface area contributed by atoms with Gasteiger partial charge in [-0.1, -0.05) is 30.3 Å². The van der Waals surface area contributed by atoms with Gasteiger partial charge in [-0.05, 0) is 60.2 Å². The highest BCUT2D eigenvalue weighted by Gasteiger charge is 2.41. The Morgan fingerprint density at radius 3 is 2.63 bits per heavy atom. The largest absolute Gasteiger partial charge is 0.352 e. The molecule has 8 heteroatoms. The van der Waals surface area contributed by atoms with Crippen LogP contribution in [0.3, 0.4) is 0 Å². The predicted octanol–water partition coefficient (Wildman–Crippen LogP) is 4.33. The second-order valence-corrected chi connectivity index (χ2v) is 8.79. The predicted molar refractivity (Wildman–Crippen MR) is 140 cm³/mol. The Morgan fingerprint density at radius 2 is 1.86 bits per heavy atom. The number of hydrogen-bond donors (Lipinski definition) is 2. The smallest absolute Gasteiger partial charge is 0.226 e. The Balaban J connectivity index is 1.41. The molecule has 5 rings (SSSR count). The van der Waals surface area contributed by atoms with E-state index in [1.807, 2.05) is 66.9 Å². The summed E-state index contributed by atoms with van der Waals surface area (Å²) in [6.45, 7) is 1.17. The van der Waals surface area contributed by atoms with Crippen molar-refractivity contribution in [3.8, 4) is 0 Å². The molecule has 176 valence electrons.